The maximum Gasteiger partial charge on any atom is 0.418 e. The molecule has 0 bridgehead atoms. The van der Waals surface area contributed by atoms with E-state index in [1.807, 2.05) is 0 Å². The standard InChI is InChI=1S/C16H13F3N2O3/c17-16(18,19)11-6-2-3-7-12(11)21-14(22)9-24-13-8-4-1-5-10(13)15(20)23/h1-8H,9H2,(H2,20,23)(H,21,22). The first-order valence-corrected chi connectivity index (χ1v) is 6.76. The van der Waals surface area contributed by atoms with Crippen LogP contribution in [0.25, 0.3) is 0 Å². The number of carbonyl (C=O) groups excluding carboxylic acids is 2. The topological polar surface area (TPSA) is 81.4 Å². The van der Waals surface area contributed by atoms with Gasteiger partial charge < -0.3 is 15.8 Å². The van der Waals surface area contributed by atoms with E-state index >= 15 is 0 Å². The van der Waals surface area contributed by atoms with E-state index in [0.29, 0.717) is 0 Å². The van der Waals surface area contributed by atoms with Gasteiger partial charge in [-0.05, 0) is 24.3 Å². The van der Waals surface area contributed by atoms with Crippen LogP contribution in [0.15, 0.2) is 48.5 Å². The summed E-state index contributed by atoms with van der Waals surface area (Å²) in [7, 11) is 0. The number of nitrogens with one attached hydrogen (secondary N) is 1. The zero-order valence-electron chi connectivity index (χ0n) is 12.3. The van der Waals surface area contributed by atoms with Gasteiger partial charge in [0, 0.05) is 0 Å². The fraction of sp³-hybridized carbons (Fsp3) is 0.125. The lowest BCUT2D eigenvalue weighted by molar-refractivity contribution is -0.137. The predicted octanol–water partition coefficient (Wildman–Crippen LogP) is 2.82. The van der Waals surface area contributed by atoms with Crippen LogP contribution in [0.5, 0.6) is 5.75 Å². The molecular formula is C16H13F3N2O3. The Morgan fingerprint density at radius 2 is 1.67 bits per heavy atom. The lowest BCUT2D eigenvalue weighted by atomic mass is 10.1. The molecule has 0 heterocycles. The molecule has 0 radical (unpaired) electrons. The molecule has 8 heteroatoms. The second-order valence-corrected chi connectivity index (χ2v) is 4.74. The van der Waals surface area contributed by atoms with Crippen LogP contribution in [0.1, 0.15) is 15.9 Å². The van der Waals surface area contributed by atoms with Crippen molar-refractivity contribution in [3.63, 3.8) is 0 Å². The number of rotatable bonds is 5. The van der Waals surface area contributed by atoms with Gasteiger partial charge in [0.2, 0.25) is 0 Å². The second kappa shape index (κ2) is 7.03. The van der Waals surface area contributed by atoms with Crippen LogP contribution >= 0.6 is 0 Å². The summed E-state index contributed by atoms with van der Waals surface area (Å²) in [6, 6.07) is 10.6. The average molecular weight is 338 g/mol. The summed E-state index contributed by atoms with van der Waals surface area (Å²) in [5.74, 6) is -1.47. The van der Waals surface area contributed by atoms with Gasteiger partial charge in [-0.15, -0.1) is 0 Å². The normalized spacial score (nSPS) is 11.0. The number of para-hydroxylation sites is 2. The van der Waals surface area contributed by atoms with Gasteiger partial charge in [-0.2, -0.15) is 13.2 Å². The van der Waals surface area contributed by atoms with E-state index in [4.69, 9.17) is 10.5 Å². The van der Waals surface area contributed by atoms with Crippen LogP contribution in [0, 0.1) is 0 Å². The van der Waals surface area contributed by atoms with Gasteiger partial charge in [0.15, 0.2) is 6.61 Å². The molecule has 2 aromatic rings. The van der Waals surface area contributed by atoms with E-state index in [1.54, 1.807) is 12.1 Å². The van der Waals surface area contributed by atoms with Gasteiger partial charge in [0.25, 0.3) is 11.8 Å². The molecule has 2 rings (SSSR count). The highest BCUT2D eigenvalue weighted by Crippen LogP contribution is 2.34. The molecule has 0 saturated carbocycles. The summed E-state index contributed by atoms with van der Waals surface area (Å²) in [5.41, 5.74) is 3.90. The summed E-state index contributed by atoms with van der Waals surface area (Å²) in [6.45, 7) is -0.573. The Kier molecular flexibility index (Phi) is 5.08. The third-order valence-electron chi connectivity index (χ3n) is 3.02. The summed E-state index contributed by atoms with van der Waals surface area (Å²) in [5, 5.41) is 2.14. The molecule has 0 atom stereocenters. The number of anilines is 1. The van der Waals surface area contributed by atoms with Gasteiger partial charge in [0.1, 0.15) is 5.75 Å². The number of alkyl halides is 3. The molecule has 0 saturated heterocycles. The molecule has 0 spiro atoms. The Bertz CT molecular complexity index is 760. The maximum absolute atomic E-state index is 12.9. The Morgan fingerprint density at radius 1 is 1.04 bits per heavy atom. The Labute approximate surface area is 135 Å². The quantitative estimate of drug-likeness (QED) is 0.879. The molecule has 0 unspecified atom stereocenters. The molecule has 0 aliphatic rings. The number of primary amides is 1. The fourth-order valence-electron chi connectivity index (χ4n) is 1.96. The number of nitrogens with two attached hydrogens (primary N) is 1. The molecule has 0 aromatic heterocycles. The van der Waals surface area contributed by atoms with Gasteiger partial charge in [-0.1, -0.05) is 24.3 Å². The molecule has 24 heavy (non-hydrogen) atoms. The smallest absolute Gasteiger partial charge is 0.418 e. The van der Waals surface area contributed by atoms with Crippen molar-refractivity contribution in [1.82, 2.24) is 0 Å². The minimum absolute atomic E-state index is 0.0704. The highest BCUT2D eigenvalue weighted by Gasteiger charge is 2.33. The van der Waals surface area contributed by atoms with Crippen LogP contribution in [-0.4, -0.2) is 18.4 Å². The van der Waals surface area contributed by atoms with Crippen molar-refractivity contribution >= 4 is 17.5 Å². The van der Waals surface area contributed by atoms with Crippen LogP contribution in [-0.2, 0) is 11.0 Å². The molecular weight excluding hydrogens is 325 g/mol. The SMILES string of the molecule is NC(=O)c1ccccc1OCC(=O)Nc1ccccc1C(F)(F)F. The van der Waals surface area contributed by atoms with E-state index in [9.17, 15) is 22.8 Å². The molecule has 2 amide bonds. The minimum atomic E-state index is -4.59. The van der Waals surface area contributed by atoms with E-state index in [1.165, 1.54) is 24.3 Å². The number of hydrogen-bond donors (Lipinski definition) is 2. The zero-order valence-corrected chi connectivity index (χ0v) is 12.3. The van der Waals surface area contributed by atoms with Crippen LogP contribution in [0.2, 0.25) is 0 Å². The highest BCUT2D eigenvalue weighted by molar-refractivity contribution is 5.96. The van der Waals surface area contributed by atoms with Crippen molar-refractivity contribution in [2.24, 2.45) is 5.73 Å². The molecule has 3 N–H and O–H groups in total. The third-order valence-corrected chi connectivity index (χ3v) is 3.02. The van der Waals surface area contributed by atoms with E-state index < -0.39 is 30.2 Å². The van der Waals surface area contributed by atoms with Gasteiger partial charge >= 0.3 is 6.18 Å². The van der Waals surface area contributed by atoms with E-state index in [-0.39, 0.29) is 17.0 Å². The van der Waals surface area contributed by atoms with Crippen molar-refractivity contribution in [1.29, 1.82) is 0 Å². The monoisotopic (exact) mass is 338 g/mol. The average Bonchev–Trinajstić information content (AvgIpc) is 2.52. The molecule has 0 aliphatic carbocycles. The number of amides is 2. The third kappa shape index (κ3) is 4.25. The fourth-order valence-corrected chi connectivity index (χ4v) is 1.96. The van der Waals surface area contributed by atoms with Gasteiger partial charge in [-0.3, -0.25) is 9.59 Å². The van der Waals surface area contributed by atoms with Crippen molar-refractivity contribution in [3.05, 3.63) is 59.7 Å². The summed E-state index contributed by atoms with van der Waals surface area (Å²) in [4.78, 5) is 23.1. The number of hydrogen-bond acceptors (Lipinski definition) is 3. The lowest BCUT2D eigenvalue weighted by Crippen LogP contribution is -2.23. The maximum atomic E-state index is 12.9. The predicted molar refractivity (Wildman–Crippen MR) is 80.5 cm³/mol. The van der Waals surface area contributed by atoms with Crippen molar-refractivity contribution < 1.29 is 27.5 Å². The Hall–Kier alpha value is -3.03. The van der Waals surface area contributed by atoms with E-state index in [2.05, 4.69) is 5.32 Å². The largest absolute Gasteiger partial charge is 0.483 e. The van der Waals surface area contributed by atoms with Crippen molar-refractivity contribution in [2.75, 3.05) is 11.9 Å². The summed E-state index contributed by atoms with van der Waals surface area (Å²) < 4.78 is 43.7. The number of benzene rings is 2. The Balaban J connectivity index is 2.07. The van der Waals surface area contributed by atoms with E-state index in [0.717, 1.165) is 12.1 Å². The lowest BCUT2D eigenvalue weighted by Gasteiger charge is -2.14. The first kappa shape index (κ1) is 17.3. The first-order chi connectivity index (χ1) is 11.3. The van der Waals surface area contributed by atoms with Crippen LogP contribution in [0.3, 0.4) is 0 Å². The summed E-state index contributed by atoms with van der Waals surface area (Å²) >= 11 is 0. The van der Waals surface area contributed by atoms with Gasteiger partial charge in [0.05, 0.1) is 16.8 Å². The number of carbonyl (C=O) groups is 2. The van der Waals surface area contributed by atoms with Gasteiger partial charge in [-0.25, -0.2) is 0 Å². The van der Waals surface area contributed by atoms with Crippen LogP contribution in [0.4, 0.5) is 18.9 Å². The summed E-state index contributed by atoms with van der Waals surface area (Å²) in [6.07, 6.45) is -4.59. The van der Waals surface area contributed by atoms with Crippen LogP contribution < -0.4 is 15.8 Å². The van der Waals surface area contributed by atoms with Crippen molar-refractivity contribution in [3.8, 4) is 5.75 Å². The first-order valence-electron chi connectivity index (χ1n) is 6.76. The minimum Gasteiger partial charge on any atom is -0.483 e. The molecule has 126 valence electrons. The zero-order chi connectivity index (χ0) is 17.7. The number of ether oxygens (including phenoxy) is 1. The molecule has 2 aromatic carbocycles. The Morgan fingerprint density at radius 3 is 2.33 bits per heavy atom. The van der Waals surface area contributed by atoms with Crippen molar-refractivity contribution in [2.45, 2.75) is 6.18 Å². The second-order valence-electron chi connectivity index (χ2n) is 4.74. The molecule has 5 nitrogen and oxygen atoms in total. The molecule has 0 fully saturated rings. The molecule has 0 aliphatic heterocycles. The highest BCUT2D eigenvalue weighted by atomic mass is 19.4. The number of halogens is 3.